The highest BCUT2D eigenvalue weighted by molar-refractivity contribution is 5.87. The fourth-order valence-corrected chi connectivity index (χ4v) is 8.15. The Balaban J connectivity index is 1.18. The lowest BCUT2D eigenvalue weighted by Gasteiger charge is -2.27. The second-order valence-corrected chi connectivity index (χ2v) is 14.8. The molecule has 1 aromatic heterocycles. The zero-order valence-corrected chi connectivity index (χ0v) is 31.1. The molecule has 0 saturated heterocycles. The molecule has 0 bridgehead atoms. The van der Waals surface area contributed by atoms with Crippen LogP contribution < -0.4 is 14.5 Å². The Morgan fingerprint density at radius 1 is 0.800 bits per heavy atom. The summed E-state index contributed by atoms with van der Waals surface area (Å²) in [5, 5.41) is 46.3. The molecule has 1 heterocycles. The SMILES string of the molecule is COc1c(O)ccc(C[C@H](Cc2cc[n-]c2)[C@H](O)CC(=O)[C@H](Cc2ccc(O)c(OC3CCCC3)c2)c2cccc(O)c2)c1Cc1cccc2ccccc12. The number of benzene rings is 5. The Labute approximate surface area is 322 Å². The van der Waals surface area contributed by atoms with Crippen LogP contribution in [0.4, 0.5) is 0 Å². The van der Waals surface area contributed by atoms with Crippen LogP contribution in [0.5, 0.6) is 28.7 Å². The number of ether oxygens (including phenoxy) is 2. The molecule has 284 valence electrons. The maximum absolute atomic E-state index is 14.4. The average Bonchev–Trinajstić information content (AvgIpc) is 3.91. The van der Waals surface area contributed by atoms with Gasteiger partial charge in [0.1, 0.15) is 11.5 Å². The van der Waals surface area contributed by atoms with Gasteiger partial charge in [-0.05, 0) is 114 Å². The molecule has 6 aromatic rings. The third-order valence-corrected chi connectivity index (χ3v) is 11.1. The molecular formula is C47H48NO7-. The van der Waals surface area contributed by atoms with Crippen LogP contribution >= 0.6 is 0 Å². The van der Waals surface area contributed by atoms with E-state index in [1.165, 1.54) is 0 Å². The molecule has 1 saturated carbocycles. The van der Waals surface area contributed by atoms with Gasteiger partial charge in [-0.3, -0.25) is 4.79 Å². The van der Waals surface area contributed by atoms with Gasteiger partial charge < -0.3 is 34.9 Å². The number of phenolic OH excluding ortho intramolecular Hbond substituents is 3. The van der Waals surface area contributed by atoms with Crippen LogP contribution in [-0.4, -0.2) is 45.5 Å². The minimum atomic E-state index is -1.03. The third-order valence-electron chi connectivity index (χ3n) is 11.1. The molecule has 0 aliphatic heterocycles. The first kappa shape index (κ1) is 37.6. The lowest BCUT2D eigenvalue weighted by molar-refractivity contribution is -0.123. The molecular weight excluding hydrogens is 691 g/mol. The molecule has 1 aliphatic carbocycles. The number of nitrogens with zero attached hydrogens (tertiary/aromatic N) is 1. The summed E-state index contributed by atoms with van der Waals surface area (Å²) in [5.74, 6) is -0.308. The minimum absolute atomic E-state index is 0.0361. The lowest BCUT2D eigenvalue weighted by atomic mass is 9.80. The van der Waals surface area contributed by atoms with E-state index in [1.54, 1.807) is 62.0 Å². The number of aliphatic hydroxyl groups excluding tert-OH is 1. The molecule has 8 nitrogen and oxygen atoms in total. The maximum Gasteiger partial charge on any atom is 0.164 e. The highest BCUT2D eigenvalue weighted by atomic mass is 16.5. The minimum Gasteiger partial charge on any atom is -0.670 e. The number of aromatic hydroxyl groups is 3. The van der Waals surface area contributed by atoms with Crippen molar-refractivity contribution in [3.05, 3.63) is 149 Å². The van der Waals surface area contributed by atoms with Crippen LogP contribution in [0.1, 0.15) is 71.4 Å². The van der Waals surface area contributed by atoms with Gasteiger partial charge in [-0.15, -0.1) is 0 Å². The quantitative estimate of drug-likeness (QED) is 0.0777. The number of phenols is 3. The first-order valence-electron chi connectivity index (χ1n) is 19.1. The summed E-state index contributed by atoms with van der Waals surface area (Å²) in [4.78, 5) is 18.7. The van der Waals surface area contributed by atoms with Crippen LogP contribution in [0.2, 0.25) is 0 Å². The highest BCUT2D eigenvalue weighted by Crippen LogP contribution is 2.38. The molecule has 0 amide bonds. The van der Waals surface area contributed by atoms with Gasteiger partial charge in [0.2, 0.25) is 0 Å². The fourth-order valence-electron chi connectivity index (χ4n) is 8.15. The number of aromatic nitrogens is 1. The third kappa shape index (κ3) is 8.98. The van der Waals surface area contributed by atoms with Crippen molar-refractivity contribution in [2.24, 2.45) is 5.92 Å². The first-order valence-corrected chi connectivity index (χ1v) is 19.1. The van der Waals surface area contributed by atoms with E-state index in [4.69, 9.17) is 9.47 Å². The lowest BCUT2D eigenvalue weighted by Crippen LogP contribution is -2.30. The van der Waals surface area contributed by atoms with E-state index in [-0.39, 0.29) is 42.0 Å². The number of hydrogen-bond acceptors (Lipinski definition) is 7. The number of rotatable bonds is 16. The number of carbonyl (C=O) groups is 1. The van der Waals surface area contributed by atoms with Gasteiger partial charge in [-0.2, -0.15) is 12.4 Å². The smallest absolute Gasteiger partial charge is 0.164 e. The van der Waals surface area contributed by atoms with E-state index in [9.17, 15) is 25.2 Å². The molecule has 0 unspecified atom stereocenters. The Morgan fingerprint density at radius 2 is 1.58 bits per heavy atom. The van der Waals surface area contributed by atoms with Crippen LogP contribution in [-0.2, 0) is 30.5 Å². The van der Waals surface area contributed by atoms with Crippen molar-refractivity contribution in [3.63, 3.8) is 0 Å². The van der Waals surface area contributed by atoms with Gasteiger partial charge in [0.05, 0.1) is 19.3 Å². The van der Waals surface area contributed by atoms with Crippen molar-refractivity contribution in [2.75, 3.05) is 7.11 Å². The van der Waals surface area contributed by atoms with Gasteiger partial charge in [0, 0.05) is 24.3 Å². The van der Waals surface area contributed by atoms with Gasteiger partial charge in [-0.1, -0.05) is 78.4 Å². The van der Waals surface area contributed by atoms with E-state index in [2.05, 4.69) is 29.2 Å². The number of carbonyl (C=O) groups excluding carboxylic acids is 1. The molecule has 1 fully saturated rings. The van der Waals surface area contributed by atoms with Crippen molar-refractivity contribution in [3.8, 4) is 28.7 Å². The summed E-state index contributed by atoms with van der Waals surface area (Å²) < 4.78 is 12.0. The molecule has 1 aliphatic rings. The Hall–Kier alpha value is -5.73. The predicted molar refractivity (Wildman–Crippen MR) is 213 cm³/mol. The van der Waals surface area contributed by atoms with Crippen LogP contribution in [0.25, 0.3) is 10.8 Å². The predicted octanol–water partition coefficient (Wildman–Crippen LogP) is 8.58. The zero-order valence-electron chi connectivity index (χ0n) is 31.1. The molecule has 8 heteroatoms. The number of fused-ring (bicyclic) bond motifs is 1. The van der Waals surface area contributed by atoms with Crippen molar-refractivity contribution in [1.82, 2.24) is 4.98 Å². The fraction of sp³-hybridized carbons (Fsp3) is 0.298. The summed E-state index contributed by atoms with van der Waals surface area (Å²) in [6.07, 6.45) is 8.12. The normalized spacial score (nSPS) is 14.8. The Kier molecular flexibility index (Phi) is 11.7. The Morgan fingerprint density at radius 3 is 2.36 bits per heavy atom. The van der Waals surface area contributed by atoms with Crippen molar-refractivity contribution in [2.45, 2.75) is 75.9 Å². The van der Waals surface area contributed by atoms with Gasteiger partial charge in [0.15, 0.2) is 23.0 Å². The number of ketones is 1. The van der Waals surface area contributed by atoms with E-state index < -0.39 is 17.9 Å². The monoisotopic (exact) mass is 738 g/mol. The maximum atomic E-state index is 14.4. The summed E-state index contributed by atoms with van der Waals surface area (Å²) in [5.41, 5.74) is 5.19. The van der Waals surface area contributed by atoms with Gasteiger partial charge in [0.25, 0.3) is 0 Å². The van der Waals surface area contributed by atoms with Crippen LogP contribution in [0, 0.1) is 5.92 Å². The zero-order chi connectivity index (χ0) is 38.3. The Bertz CT molecular complexity index is 2220. The average molecular weight is 739 g/mol. The van der Waals surface area contributed by atoms with Crippen molar-refractivity contribution >= 4 is 16.6 Å². The van der Waals surface area contributed by atoms with E-state index >= 15 is 0 Å². The molecule has 55 heavy (non-hydrogen) atoms. The second kappa shape index (κ2) is 17.2. The summed E-state index contributed by atoms with van der Waals surface area (Å²) >= 11 is 0. The molecule has 7 rings (SSSR count). The second-order valence-electron chi connectivity index (χ2n) is 14.8. The molecule has 0 spiro atoms. The van der Waals surface area contributed by atoms with Crippen molar-refractivity contribution in [1.29, 1.82) is 0 Å². The molecule has 4 N–H and O–H groups in total. The van der Waals surface area contributed by atoms with E-state index in [0.29, 0.717) is 36.3 Å². The van der Waals surface area contributed by atoms with Crippen LogP contribution in [0.3, 0.4) is 0 Å². The topological polar surface area (TPSA) is 131 Å². The van der Waals surface area contributed by atoms with Crippen molar-refractivity contribution < 1.29 is 34.7 Å². The summed E-state index contributed by atoms with van der Waals surface area (Å²) in [6.45, 7) is 0. The molecule has 3 atom stereocenters. The first-order chi connectivity index (χ1) is 26.7. The van der Waals surface area contributed by atoms with Gasteiger partial charge in [-0.25, -0.2) is 0 Å². The number of aliphatic hydroxyl groups is 1. The number of hydrogen-bond donors (Lipinski definition) is 4. The van der Waals surface area contributed by atoms with E-state index in [0.717, 1.165) is 64.3 Å². The molecule has 5 aromatic carbocycles. The highest BCUT2D eigenvalue weighted by Gasteiger charge is 2.30. The largest absolute Gasteiger partial charge is 0.670 e. The van der Waals surface area contributed by atoms with E-state index in [1.807, 2.05) is 36.4 Å². The van der Waals surface area contributed by atoms with Gasteiger partial charge >= 0.3 is 0 Å². The number of Topliss-reactive ketones (excluding diaryl/α,β-unsaturated/α-hetero) is 1. The summed E-state index contributed by atoms with van der Waals surface area (Å²) in [7, 11) is 1.55. The summed E-state index contributed by atoms with van der Waals surface area (Å²) in [6, 6.07) is 31.7. The number of methoxy groups -OCH3 is 1. The van der Waals surface area contributed by atoms with Crippen LogP contribution in [0.15, 0.2) is 116 Å². The molecule has 0 radical (unpaired) electrons. The standard InChI is InChI=1S/C47H48NO7/c1-54-47-41(27-34-10-6-9-32-8-2-5-15-39(32)34)35(17-19-43(47)51)25-36(22-31-20-21-48-29-31)44(52)28-45(53)40(33-11-7-12-37(49)26-33)23-30-16-18-42(50)46(24-30)55-38-13-3-4-14-38/h2,5-12,15-21,24,26,29,36,38,40,44,49-52H,3-4,13-14,22-23,25,27-28H2,1H3/q-1/t36-,40+,44+/m0/s1.